The van der Waals surface area contributed by atoms with E-state index in [-0.39, 0.29) is 11.7 Å². The quantitative estimate of drug-likeness (QED) is 0.799. The average molecular weight is 316 g/mol. The van der Waals surface area contributed by atoms with Gasteiger partial charge in [-0.05, 0) is 20.8 Å². The van der Waals surface area contributed by atoms with E-state index in [1.54, 1.807) is 0 Å². The van der Waals surface area contributed by atoms with Crippen molar-refractivity contribution in [2.75, 3.05) is 18.4 Å². The Hall–Kier alpha value is -0.390. The summed E-state index contributed by atoms with van der Waals surface area (Å²) in [6.07, 6.45) is 4.37. The molecule has 18 heavy (non-hydrogen) atoms. The van der Waals surface area contributed by atoms with E-state index >= 15 is 0 Å². The molecule has 1 unspecified atom stereocenters. The van der Waals surface area contributed by atoms with Crippen LogP contribution in [0.2, 0.25) is 0 Å². The maximum absolute atomic E-state index is 6.01. The van der Waals surface area contributed by atoms with Gasteiger partial charge in [-0.2, -0.15) is 5.10 Å². The van der Waals surface area contributed by atoms with Crippen LogP contribution in [0.3, 0.4) is 0 Å². The van der Waals surface area contributed by atoms with Gasteiger partial charge >= 0.3 is 0 Å². The van der Waals surface area contributed by atoms with Crippen molar-refractivity contribution in [1.82, 2.24) is 14.7 Å². The number of nitrogens with zero attached hydrogens (tertiary/aromatic N) is 3. The minimum Gasteiger partial charge on any atom is -0.369 e. The Morgan fingerprint density at radius 1 is 1.56 bits per heavy atom. The van der Waals surface area contributed by atoms with E-state index in [0.717, 1.165) is 31.5 Å². The third-order valence-corrected chi connectivity index (χ3v) is 3.86. The average Bonchev–Trinajstić information content (AvgIpc) is 2.74. The van der Waals surface area contributed by atoms with Crippen LogP contribution >= 0.6 is 15.9 Å². The maximum atomic E-state index is 6.01. The lowest BCUT2D eigenvalue weighted by Gasteiger charge is -2.42. The van der Waals surface area contributed by atoms with Crippen molar-refractivity contribution in [2.45, 2.75) is 45.6 Å². The minimum atomic E-state index is -0.0720. The van der Waals surface area contributed by atoms with E-state index in [9.17, 15) is 0 Å². The zero-order valence-corrected chi connectivity index (χ0v) is 13.0. The molecular formula is C13H22BrN3O. The Kier molecular flexibility index (Phi) is 4.45. The van der Waals surface area contributed by atoms with Crippen molar-refractivity contribution < 1.29 is 4.74 Å². The SMILES string of the molecule is CCn1cc(CN2CC(CBr)OC(C)(C)C2)cn1. The predicted molar refractivity (Wildman–Crippen MR) is 75.9 cm³/mol. The van der Waals surface area contributed by atoms with Crippen LogP contribution in [0.15, 0.2) is 12.4 Å². The maximum Gasteiger partial charge on any atom is 0.0806 e. The summed E-state index contributed by atoms with van der Waals surface area (Å²) < 4.78 is 7.98. The first kappa shape index (κ1) is 14.0. The first-order chi connectivity index (χ1) is 8.52. The normalized spacial score (nSPS) is 24.3. The second-order valence-corrected chi connectivity index (χ2v) is 6.18. The Morgan fingerprint density at radius 2 is 2.33 bits per heavy atom. The molecule has 1 fully saturated rings. The number of alkyl halides is 1. The van der Waals surface area contributed by atoms with Crippen LogP contribution < -0.4 is 0 Å². The molecule has 2 rings (SSSR count). The smallest absolute Gasteiger partial charge is 0.0806 e. The van der Waals surface area contributed by atoms with E-state index in [4.69, 9.17) is 4.74 Å². The molecule has 0 spiro atoms. The minimum absolute atomic E-state index is 0.0720. The standard InChI is InChI=1S/C13H22BrN3O/c1-4-17-8-11(6-15-17)7-16-9-12(5-14)18-13(2,3)10-16/h6,8,12H,4-5,7,9-10H2,1-3H3. The van der Waals surface area contributed by atoms with Crippen molar-refractivity contribution in [1.29, 1.82) is 0 Å². The van der Waals surface area contributed by atoms with E-state index < -0.39 is 0 Å². The lowest BCUT2D eigenvalue weighted by Crippen LogP contribution is -2.52. The second kappa shape index (κ2) is 5.72. The Morgan fingerprint density at radius 3 is 2.94 bits per heavy atom. The molecule has 102 valence electrons. The van der Waals surface area contributed by atoms with Gasteiger partial charge in [-0.15, -0.1) is 0 Å². The Bertz CT molecular complexity index is 391. The molecule has 0 saturated carbocycles. The lowest BCUT2D eigenvalue weighted by molar-refractivity contribution is -0.128. The van der Waals surface area contributed by atoms with Gasteiger partial charge < -0.3 is 4.74 Å². The zero-order chi connectivity index (χ0) is 13.2. The molecular weight excluding hydrogens is 294 g/mol. The van der Waals surface area contributed by atoms with Gasteiger partial charge in [0, 0.05) is 43.3 Å². The molecule has 1 aliphatic heterocycles. The van der Waals surface area contributed by atoms with Crippen LogP contribution in [0, 0.1) is 0 Å². The number of rotatable bonds is 4. The highest BCUT2D eigenvalue weighted by atomic mass is 79.9. The summed E-state index contributed by atoms with van der Waals surface area (Å²) in [4.78, 5) is 2.45. The lowest BCUT2D eigenvalue weighted by atomic mass is 10.1. The predicted octanol–water partition coefficient (Wildman–Crippen LogP) is 2.28. The molecule has 2 heterocycles. The molecule has 1 saturated heterocycles. The van der Waals surface area contributed by atoms with E-state index in [2.05, 4.69) is 52.9 Å². The van der Waals surface area contributed by atoms with Gasteiger partial charge in [0.25, 0.3) is 0 Å². The summed E-state index contributed by atoms with van der Waals surface area (Å²) in [5, 5.41) is 5.22. The zero-order valence-electron chi connectivity index (χ0n) is 11.4. The van der Waals surface area contributed by atoms with Crippen LogP contribution in [-0.4, -0.2) is 44.8 Å². The molecule has 1 aliphatic rings. The molecule has 0 bridgehead atoms. The van der Waals surface area contributed by atoms with Crippen molar-refractivity contribution >= 4 is 15.9 Å². The molecule has 4 nitrogen and oxygen atoms in total. The second-order valence-electron chi connectivity index (χ2n) is 5.53. The fourth-order valence-electron chi connectivity index (χ4n) is 2.54. The van der Waals surface area contributed by atoms with Crippen LogP contribution in [-0.2, 0) is 17.8 Å². The summed E-state index contributed by atoms with van der Waals surface area (Å²) in [6.45, 7) is 10.2. The van der Waals surface area contributed by atoms with Crippen LogP contribution in [0.25, 0.3) is 0 Å². The number of morpholine rings is 1. The molecule has 0 aromatic carbocycles. The van der Waals surface area contributed by atoms with E-state index in [1.165, 1.54) is 5.56 Å². The van der Waals surface area contributed by atoms with Crippen molar-refractivity contribution in [3.05, 3.63) is 18.0 Å². The Labute approximate surface area is 117 Å². The number of aromatic nitrogens is 2. The topological polar surface area (TPSA) is 30.3 Å². The highest BCUT2D eigenvalue weighted by molar-refractivity contribution is 9.09. The van der Waals surface area contributed by atoms with Gasteiger partial charge in [-0.25, -0.2) is 0 Å². The summed E-state index contributed by atoms with van der Waals surface area (Å²) in [5.74, 6) is 0. The first-order valence-electron chi connectivity index (χ1n) is 6.50. The molecule has 0 aliphatic carbocycles. The van der Waals surface area contributed by atoms with Gasteiger partial charge in [-0.1, -0.05) is 15.9 Å². The summed E-state index contributed by atoms with van der Waals surface area (Å²) in [6, 6.07) is 0. The highest BCUT2D eigenvalue weighted by Crippen LogP contribution is 2.23. The molecule has 5 heteroatoms. The molecule has 1 aromatic rings. The third-order valence-electron chi connectivity index (χ3n) is 3.14. The third kappa shape index (κ3) is 3.56. The summed E-state index contributed by atoms with van der Waals surface area (Å²) >= 11 is 3.52. The molecule has 1 atom stereocenters. The van der Waals surface area contributed by atoms with Gasteiger partial charge in [0.1, 0.15) is 0 Å². The monoisotopic (exact) mass is 315 g/mol. The Balaban J connectivity index is 1.99. The fraction of sp³-hybridized carbons (Fsp3) is 0.769. The van der Waals surface area contributed by atoms with Gasteiger partial charge in [-0.3, -0.25) is 9.58 Å². The number of aryl methyl sites for hydroxylation is 1. The number of halogens is 1. The number of hydrogen-bond donors (Lipinski definition) is 0. The van der Waals surface area contributed by atoms with Gasteiger partial charge in [0.15, 0.2) is 0 Å². The highest BCUT2D eigenvalue weighted by Gasteiger charge is 2.32. The van der Waals surface area contributed by atoms with Crippen molar-refractivity contribution in [3.8, 4) is 0 Å². The first-order valence-corrected chi connectivity index (χ1v) is 7.62. The molecule has 0 N–H and O–H groups in total. The van der Waals surface area contributed by atoms with Crippen molar-refractivity contribution in [2.24, 2.45) is 0 Å². The molecule has 1 aromatic heterocycles. The summed E-state index contributed by atoms with van der Waals surface area (Å²) in [7, 11) is 0. The van der Waals surface area contributed by atoms with Crippen LogP contribution in [0.1, 0.15) is 26.3 Å². The molecule has 0 amide bonds. The van der Waals surface area contributed by atoms with Crippen molar-refractivity contribution in [3.63, 3.8) is 0 Å². The fourth-order valence-corrected chi connectivity index (χ4v) is 2.87. The van der Waals surface area contributed by atoms with E-state index in [1.807, 2.05) is 10.9 Å². The van der Waals surface area contributed by atoms with Crippen LogP contribution in [0.4, 0.5) is 0 Å². The number of ether oxygens (including phenoxy) is 1. The van der Waals surface area contributed by atoms with Gasteiger partial charge in [0.05, 0.1) is 17.9 Å². The van der Waals surface area contributed by atoms with Crippen LogP contribution in [0.5, 0.6) is 0 Å². The largest absolute Gasteiger partial charge is 0.369 e. The van der Waals surface area contributed by atoms with E-state index in [0.29, 0.717) is 0 Å². The molecule has 0 radical (unpaired) electrons. The van der Waals surface area contributed by atoms with Gasteiger partial charge in [0.2, 0.25) is 0 Å². The summed E-state index contributed by atoms with van der Waals surface area (Å²) in [5.41, 5.74) is 1.21. The number of hydrogen-bond acceptors (Lipinski definition) is 3.